The number of allylic oxidation sites excluding steroid dienone is 1. The van der Waals surface area contributed by atoms with Crippen LogP contribution in [-0.2, 0) is 0 Å². The molecule has 1 aromatic rings. The van der Waals surface area contributed by atoms with Crippen LogP contribution in [-0.4, -0.2) is 0 Å². The van der Waals surface area contributed by atoms with Gasteiger partial charge in [0.05, 0.1) is 0 Å². The fourth-order valence-corrected chi connectivity index (χ4v) is 0.868. The van der Waals surface area contributed by atoms with E-state index in [0.717, 1.165) is 0 Å². The van der Waals surface area contributed by atoms with Gasteiger partial charge in [0.1, 0.15) is 0 Å². The summed E-state index contributed by atoms with van der Waals surface area (Å²) in [6.07, 6.45) is 4.36. The lowest BCUT2D eigenvalue weighted by atomic mass is 10.1. The molecule has 0 aliphatic heterocycles. The maximum atomic E-state index is 2.20. The smallest absolute Gasteiger partial charge is 0.0260 e. The van der Waals surface area contributed by atoms with E-state index in [4.69, 9.17) is 0 Å². The molecule has 0 aromatic heterocycles. The summed E-state index contributed by atoms with van der Waals surface area (Å²) in [5, 5.41) is 0. The predicted molar refractivity (Wildman–Crippen MR) is 50.3 cm³/mol. The van der Waals surface area contributed by atoms with E-state index in [-0.39, 0.29) is 0 Å². The molecule has 0 N–H and O–H groups in total. The van der Waals surface area contributed by atoms with E-state index in [2.05, 4.69) is 50.3 Å². The number of hydrogen-bond acceptors (Lipinski definition) is 0. The molecule has 0 heteroatoms. The second-order valence-corrected chi connectivity index (χ2v) is 3.01. The van der Waals surface area contributed by atoms with Crippen LogP contribution in [0, 0.1) is 5.92 Å². The van der Waals surface area contributed by atoms with Crippen LogP contribution >= 0.6 is 0 Å². The van der Waals surface area contributed by atoms with Gasteiger partial charge in [-0.25, -0.2) is 0 Å². The Bertz CT molecular complexity index is 219. The molecule has 0 saturated heterocycles. The van der Waals surface area contributed by atoms with Gasteiger partial charge in [0, 0.05) is 0 Å². The van der Waals surface area contributed by atoms with Crippen molar-refractivity contribution in [3.05, 3.63) is 42.0 Å². The first kappa shape index (κ1) is 8.06. The molecule has 0 nitrogen and oxygen atoms in total. The first-order valence-electron chi connectivity index (χ1n) is 4.02. The molecular weight excluding hydrogens is 132 g/mol. The topological polar surface area (TPSA) is 0 Å². The summed E-state index contributed by atoms with van der Waals surface area (Å²) >= 11 is 0. The molecule has 0 saturated carbocycles. The average molecular weight is 146 g/mol. The van der Waals surface area contributed by atoms with Gasteiger partial charge in [-0.3, -0.25) is 0 Å². The maximum absolute atomic E-state index is 2.20. The first-order valence-corrected chi connectivity index (χ1v) is 4.02. The molecule has 0 amide bonds. The highest BCUT2D eigenvalue weighted by atomic mass is 13.9. The molecule has 0 fully saturated rings. The standard InChI is InChI=1S/C11H14/c1-10(2)8-9-11-6-4-3-5-7-11/h3-10H,1-2H3/b9-8+. The van der Waals surface area contributed by atoms with E-state index < -0.39 is 0 Å². The molecule has 0 atom stereocenters. The van der Waals surface area contributed by atoms with Crippen LogP contribution in [0.2, 0.25) is 0 Å². The van der Waals surface area contributed by atoms with E-state index in [1.54, 1.807) is 0 Å². The van der Waals surface area contributed by atoms with Crippen molar-refractivity contribution in [3.8, 4) is 0 Å². The molecule has 0 aliphatic rings. The van der Waals surface area contributed by atoms with Crippen LogP contribution < -0.4 is 0 Å². The number of rotatable bonds is 2. The molecule has 1 rings (SSSR count). The van der Waals surface area contributed by atoms with Gasteiger partial charge >= 0.3 is 0 Å². The fourth-order valence-electron chi connectivity index (χ4n) is 0.868. The second kappa shape index (κ2) is 3.97. The quantitative estimate of drug-likeness (QED) is 0.600. The summed E-state index contributed by atoms with van der Waals surface area (Å²) in [6.45, 7) is 4.36. The Morgan fingerprint density at radius 3 is 2.27 bits per heavy atom. The van der Waals surface area contributed by atoms with Crippen molar-refractivity contribution in [1.82, 2.24) is 0 Å². The molecule has 58 valence electrons. The third kappa shape index (κ3) is 3.03. The van der Waals surface area contributed by atoms with Gasteiger partial charge in [0.25, 0.3) is 0 Å². The van der Waals surface area contributed by atoms with Gasteiger partial charge in [0.2, 0.25) is 0 Å². The van der Waals surface area contributed by atoms with Gasteiger partial charge in [-0.1, -0.05) is 56.3 Å². The Hall–Kier alpha value is -1.04. The Balaban J connectivity index is 2.65. The van der Waals surface area contributed by atoms with Crippen molar-refractivity contribution < 1.29 is 0 Å². The van der Waals surface area contributed by atoms with Crippen LogP contribution in [0.25, 0.3) is 6.08 Å². The monoisotopic (exact) mass is 146 g/mol. The molecule has 11 heavy (non-hydrogen) atoms. The van der Waals surface area contributed by atoms with Gasteiger partial charge in [-0.05, 0) is 11.5 Å². The number of benzene rings is 1. The summed E-state index contributed by atoms with van der Waals surface area (Å²) in [6, 6.07) is 10.4. The van der Waals surface area contributed by atoms with Crippen molar-refractivity contribution in [3.63, 3.8) is 0 Å². The van der Waals surface area contributed by atoms with E-state index in [9.17, 15) is 0 Å². The normalized spacial score (nSPS) is 11.2. The van der Waals surface area contributed by atoms with Gasteiger partial charge in [-0.15, -0.1) is 0 Å². The van der Waals surface area contributed by atoms with E-state index in [0.29, 0.717) is 5.92 Å². The highest BCUT2D eigenvalue weighted by Gasteiger charge is 1.84. The maximum Gasteiger partial charge on any atom is -0.0260 e. The van der Waals surface area contributed by atoms with Crippen molar-refractivity contribution in [2.24, 2.45) is 5.92 Å². The van der Waals surface area contributed by atoms with Crippen LogP contribution in [0.4, 0.5) is 0 Å². The SMILES string of the molecule is CC(C)/C=C/c1ccccc1. The highest BCUT2D eigenvalue weighted by Crippen LogP contribution is 2.03. The summed E-state index contributed by atoms with van der Waals surface area (Å²) in [7, 11) is 0. The zero-order valence-electron chi connectivity index (χ0n) is 7.12. The van der Waals surface area contributed by atoms with Crippen molar-refractivity contribution >= 4 is 6.08 Å². The second-order valence-electron chi connectivity index (χ2n) is 3.01. The molecule has 0 bridgehead atoms. The summed E-state index contributed by atoms with van der Waals surface area (Å²) in [4.78, 5) is 0. The number of hydrogen-bond donors (Lipinski definition) is 0. The minimum Gasteiger partial charge on any atom is -0.0814 e. The lowest BCUT2D eigenvalue weighted by Gasteiger charge is -1.93. The van der Waals surface area contributed by atoms with E-state index in [1.807, 2.05) is 6.07 Å². The minimum atomic E-state index is 0.634. The Morgan fingerprint density at radius 1 is 1.09 bits per heavy atom. The Kier molecular flexibility index (Phi) is 2.91. The molecule has 1 aromatic carbocycles. The molecule has 0 spiro atoms. The minimum absolute atomic E-state index is 0.634. The Morgan fingerprint density at radius 2 is 1.73 bits per heavy atom. The molecule has 0 heterocycles. The summed E-state index contributed by atoms with van der Waals surface area (Å²) < 4.78 is 0. The zero-order valence-corrected chi connectivity index (χ0v) is 7.12. The highest BCUT2D eigenvalue weighted by molar-refractivity contribution is 5.48. The van der Waals surface area contributed by atoms with Gasteiger partial charge < -0.3 is 0 Å². The third-order valence-electron chi connectivity index (χ3n) is 1.47. The molecule has 0 radical (unpaired) electrons. The van der Waals surface area contributed by atoms with Crippen LogP contribution in [0.3, 0.4) is 0 Å². The van der Waals surface area contributed by atoms with Gasteiger partial charge in [0.15, 0.2) is 0 Å². The molecule has 0 unspecified atom stereocenters. The Labute approximate surface area is 68.6 Å². The first-order chi connectivity index (χ1) is 5.29. The third-order valence-corrected chi connectivity index (χ3v) is 1.47. The van der Waals surface area contributed by atoms with Crippen molar-refractivity contribution in [2.75, 3.05) is 0 Å². The lowest BCUT2D eigenvalue weighted by Crippen LogP contribution is -1.76. The van der Waals surface area contributed by atoms with E-state index in [1.165, 1.54) is 5.56 Å². The molecular formula is C11H14. The van der Waals surface area contributed by atoms with Crippen molar-refractivity contribution in [2.45, 2.75) is 13.8 Å². The van der Waals surface area contributed by atoms with Crippen LogP contribution in [0.15, 0.2) is 36.4 Å². The average Bonchev–Trinajstić information content (AvgIpc) is 2.03. The zero-order chi connectivity index (χ0) is 8.10. The summed E-state index contributed by atoms with van der Waals surface area (Å²) in [5.41, 5.74) is 1.28. The van der Waals surface area contributed by atoms with Gasteiger partial charge in [-0.2, -0.15) is 0 Å². The molecule has 0 aliphatic carbocycles. The summed E-state index contributed by atoms with van der Waals surface area (Å²) in [5.74, 6) is 0.634. The largest absolute Gasteiger partial charge is 0.0814 e. The predicted octanol–water partition coefficient (Wildman–Crippen LogP) is 3.36. The van der Waals surface area contributed by atoms with Crippen molar-refractivity contribution in [1.29, 1.82) is 0 Å². The fraction of sp³-hybridized carbons (Fsp3) is 0.273. The van der Waals surface area contributed by atoms with Crippen LogP contribution in [0.1, 0.15) is 19.4 Å². The van der Waals surface area contributed by atoms with E-state index >= 15 is 0 Å². The van der Waals surface area contributed by atoms with Crippen LogP contribution in [0.5, 0.6) is 0 Å². The lowest BCUT2D eigenvalue weighted by molar-refractivity contribution is 0.836.